The molecule has 1 saturated heterocycles. The third kappa shape index (κ3) is 6.79. The summed E-state index contributed by atoms with van der Waals surface area (Å²) in [5, 5.41) is 5.17. The summed E-state index contributed by atoms with van der Waals surface area (Å²) < 4.78 is 12.2. The summed E-state index contributed by atoms with van der Waals surface area (Å²) in [4.78, 5) is 34.0. The molecule has 46 heavy (non-hydrogen) atoms. The zero-order chi connectivity index (χ0) is 31.1. The molecule has 0 unspecified atom stereocenters. The van der Waals surface area contributed by atoms with E-state index in [2.05, 4.69) is 20.2 Å². The van der Waals surface area contributed by atoms with Crippen molar-refractivity contribution in [1.82, 2.24) is 30.2 Å². The van der Waals surface area contributed by atoms with Crippen LogP contribution >= 0.6 is 0 Å². The molecule has 0 aliphatic carbocycles. The van der Waals surface area contributed by atoms with Crippen molar-refractivity contribution in [2.75, 3.05) is 6.54 Å². The number of fused-ring (bicyclic) bond motifs is 2. The van der Waals surface area contributed by atoms with E-state index in [4.69, 9.17) is 19.4 Å². The Morgan fingerprint density at radius 1 is 0.696 bits per heavy atom. The molecule has 6 aromatic rings. The van der Waals surface area contributed by atoms with Gasteiger partial charge in [-0.1, -0.05) is 48.5 Å². The average Bonchev–Trinajstić information content (AvgIpc) is 3.57. The van der Waals surface area contributed by atoms with Crippen LogP contribution in [0.5, 0.6) is 11.5 Å². The number of ether oxygens (including phenoxy) is 2. The highest BCUT2D eigenvalue weighted by atomic mass is 16.5. The Hall–Kier alpha value is -5.41. The summed E-state index contributed by atoms with van der Waals surface area (Å²) in [6.07, 6.45) is 5.30. The standard InChI is InChI=1S/C37H34N6O3/c44-37(40-22-28-12-3-14-30(41-28)24-45-33-17-1-8-26-10-5-19-38-35(26)33)32-16-7-21-43(32)23-29-13-4-15-31(42-29)25-46-34-18-2-9-27-11-6-20-39-36(27)34/h1-6,8-15,17-20,32H,7,16,21-25H2,(H,40,44)/t32-/m0/s1. The first-order valence-corrected chi connectivity index (χ1v) is 15.5. The Morgan fingerprint density at radius 2 is 1.24 bits per heavy atom. The quantitative estimate of drug-likeness (QED) is 0.190. The van der Waals surface area contributed by atoms with Crippen LogP contribution < -0.4 is 14.8 Å². The zero-order valence-corrected chi connectivity index (χ0v) is 25.4. The van der Waals surface area contributed by atoms with Crippen LogP contribution in [0.3, 0.4) is 0 Å². The molecule has 2 aromatic carbocycles. The predicted octanol–water partition coefficient (Wildman–Crippen LogP) is 6.01. The lowest BCUT2D eigenvalue weighted by molar-refractivity contribution is -0.125. The molecule has 1 amide bonds. The number of nitrogens with one attached hydrogen (secondary N) is 1. The molecule has 5 heterocycles. The molecule has 230 valence electrons. The van der Waals surface area contributed by atoms with Gasteiger partial charge in [0.15, 0.2) is 0 Å². The van der Waals surface area contributed by atoms with Crippen LogP contribution in [0.1, 0.15) is 35.6 Å². The highest BCUT2D eigenvalue weighted by Crippen LogP contribution is 2.25. The fourth-order valence-corrected chi connectivity index (χ4v) is 5.91. The van der Waals surface area contributed by atoms with Crippen molar-refractivity contribution >= 4 is 27.7 Å². The number of likely N-dealkylation sites (tertiary alicyclic amines) is 1. The number of nitrogens with zero attached hydrogens (tertiary/aromatic N) is 5. The summed E-state index contributed by atoms with van der Waals surface area (Å²) in [5.41, 5.74) is 4.97. The Morgan fingerprint density at radius 3 is 1.89 bits per heavy atom. The Labute approximate surface area is 267 Å². The molecule has 1 aliphatic rings. The zero-order valence-electron chi connectivity index (χ0n) is 25.4. The first-order chi connectivity index (χ1) is 22.7. The van der Waals surface area contributed by atoms with Crippen molar-refractivity contribution in [3.05, 3.63) is 132 Å². The summed E-state index contributed by atoms with van der Waals surface area (Å²) in [6, 6.07) is 31.2. The third-order valence-electron chi connectivity index (χ3n) is 8.15. The molecule has 1 fully saturated rings. The second-order valence-corrected chi connectivity index (χ2v) is 11.3. The smallest absolute Gasteiger partial charge is 0.237 e. The Balaban J connectivity index is 0.932. The van der Waals surface area contributed by atoms with Gasteiger partial charge in [-0.25, -0.2) is 0 Å². The fraction of sp³-hybridized carbons (Fsp3) is 0.216. The first-order valence-electron chi connectivity index (χ1n) is 15.5. The second-order valence-electron chi connectivity index (χ2n) is 11.3. The van der Waals surface area contributed by atoms with Gasteiger partial charge < -0.3 is 14.8 Å². The molecule has 0 saturated carbocycles. The van der Waals surface area contributed by atoms with Crippen LogP contribution in [-0.2, 0) is 31.1 Å². The van der Waals surface area contributed by atoms with Gasteiger partial charge >= 0.3 is 0 Å². The van der Waals surface area contributed by atoms with Gasteiger partial charge in [-0.05, 0) is 67.9 Å². The molecule has 9 heteroatoms. The number of benzene rings is 2. The average molecular weight is 611 g/mol. The predicted molar refractivity (Wildman–Crippen MR) is 176 cm³/mol. The number of aromatic nitrogens is 4. The molecular weight excluding hydrogens is 576 g/mol. The number of amides is 1. The number of para-hydroxylation sites is 2. The van der Waals surface area contributed by atoms with E-state index in [1.165, 1.54) is 0 Å². The molecule has 1 N–H and O–H groups in total. The minimum atomic E-state index is -0.214. The minimum absolute atomic E-state index is 0.00530. The molecule has 0 spiro atoms. The number of carbonyl (C=O) groups is 1. The number of carbonyl (C=O) groups excluding carboxylic acids is 1. The number of hydrogen-bond donors (Lipinski definition) is 1. The fourth-order valence-electron chi connectivity index (χ4n) is 5.91. The molecule has 9 nitrogen and oxygen atoms in total. The lowest BCUT2D eigenvalue weighted by Gasteiger charge is -2.23. The monoisotopic (exact) mass is 610 g/mol. The maximum Gasteiger partial charge on any atom is 0.237 e. The van der Waals surface area contributed by atoms with Crippen molar-refractivity contribution in [2.24, 2.45) is 0 Å². The topological polar surface area (TPSA) is 102 Å². The first kappa shape index (κ1) is 29.3. The Kier molecular flexibility index (Phi) is 8.73. The minimum Gasteiger partial charge on any atom is -0.485 e. The number of pyridine rings is 4. The molecule has 1 atom stereocenters. The van der Waals surface area contributed by atoms with E-state index in [0.29, 0.717) is 26.3 Å². The van der Waals surface area contributed by atoms with Crippen LogP contribution in [0.25, 0.3) is 21.8 Å². The molecular formula is C37H34N6O3. The molecule has 0 bridgehead atoms. The lowest BCUT2D eigenvalue weighted by atomic mass is 10.2. The van der Waals surface area contributed by atoms with Gasteiger partial charge in [-0.15, -0.1) is 0 Å². The highest BCUT2D eigenvalue weighted by Gasteiger charge is 2.30. The van der Waals surface area contributed by atoms with Gasteiger partial charge in [0.05, 0.1) is 35.4 Å². The van der Waals surface area contributed by atoms with Crippen molar-refractivity contribution in [3.8, 4) is 11.5 Å². The van der Waals surface area contributed by atoms with E-state index in [1.807, 2.05) is 97.1 Å². The van der Waals surface area contributed by atoms with Gasteiger partial charge in [0.1, 0.15) is 35.7 Å². The number of rotatable bonds is 11. The van der Waals surface area contributed by atoms with Crippen LogP contribution in [-0.4, -0.2) is 43.3 Å². The van der Waals surface area contributed by atoms with E-state index in [1.54, 1.807) is 12.4 Å². The number of hydrogen-bond acceptors (Lipinski definition) is 8. The van der Waals surface area contributed by atoms with Gasteiger partial charge in [-0.3, -0.25) is 29.6 Å². The Bertz CT molecular complexity index is 1970. The molecule has 4 aromatic heterocycles. The van der Waals surface area contributed by atoms with Crippen molar-refractivity contribution in [1.29, 1.82) is 0 Å². The third-order valence-corrected chi connectivity index (χ3v) is 8.15. The van der Waals surface area contributed by atoms with Crippen LogP contribution in [0, 0.1) is 0 Å². The van der Waals surface area contributed by atoms with Gasteiger partial charge in [0, 0.05) is 29.7 Å². The van der Waals surface area contributed by atoms with Crippen molar-refractivity contribution in [2.45, 2.75) is 45.2 Å². The molecule has 7 rings (SSSR count). The van der Waals surface area contributed by atoms with E-state index in [9.17, 15) is 4.79 Å². The lowest BCUT2D eigenvalue weighted by Crippen LogP contribution is -2.42. The molecule has 1 aliphatic heterocycles. The van der Waals surface area contributed by atoms with E-state index < -0.39 is 0 Å². The summed E-state index contributed by atoms with van der Waals surface area (Å²) in [7, 11) is 0. The van der Waals surface area contributed by atoms with E-state index >= 15 is 0 Å². The van der Waals surface area contributed by atoms with E-state index in [0.717, 1.165) is 75.5 Å². The van der Waals surface area contributed by atoms with Gasteiger partial charge in [0.2, 0.25) is 5.91 Å². The highest BCUT2D eigenvalue weighted by molar-refractivity contribution is 5.85. The summed E-state index contributed by atoms with van der Waals surface area (Å²) in [5.74, 6) is 1.46. The SMILES string of the molecule is O=C(NCc1cccc(COc2cccc3cccnc23)n1)[C@@H]1CCCN1Cc1cccc(COc2cccc3cccnc23)n1. The van der Waals surface area contributed by atoms with E-state index in [-0.39, 0.29) is 11.9 Å². The maximum atomic E-state index is 13.3. The second kappa shape index (κ2) is 13.7. The summed E-state index contributed by atoms with van der Waals surface area (Å²) in [6.45, 7) is 2.43. The molecule has 0 radical (unpaired) electrons. The van der Waals surface area contributed by atoms with Crippen LogP contribution in [0.15, 0.2) is 109 Å². The summed E-state index contributed by atoms with van der Waals surface area (Å²) >= 11 is 0. The van der Waals surface area contributed by atoms with Crippen LogP contribution in [0.2, 0.25) is 0 Å². The van der Waals surface area contributed by atoms with Gasteiger partial charge in [-0.2, -0.15) is 0 Å². The van der Waals surface area contributed by atoms with Crippen molar-refractivity contribution < 1.29 is 14.3 Å². The van der Waals surface area contributed by atoms with Crippen LogP contribution in [0.4, 0.5) is 0 Å². The largest absolute Gasteiger partial charge is 0.485 e. The van der Waals surface area contributed by atoms with Gasteiger partial charge in [0.25, 0.3) is 0 Å². The van der Waals surface area contributed by atoms with Crippen molar-refractivity contribution in [3.63, 3.8) is 0 Å². The normalized spacial score (nSPS) is 14.8. The maximum absolute atomic E-state index is 13.3.